The Kier molecular flexibility index (Phi) is 5.14. The molecule has 0 aliphatic heterocycles. The smallest absolute Gasteiger partial charge is 0.324 e. The molecule has 0 saturated carbocycles. The van der Waals surface area contributed by atoms with Crippen LogP contribution in [0.1, 0.15) is 26.3 Å². The number of rotatable bonds is 5. The fraction of sp³-hybridized carbons (Fsp3) is 0.294. The highest BCUT2D eigenvalue weighted by atomic mass is 35.5. The van der Waals surface area contributed by atoms with Crippen molar-refractivity contribution >= 4 is 19.2 Å². The Morgan fingerprint density at radius 2 is 1.50 bits per heavy atom. The molecule has 0 aliphatic carbocycles. The van der Waals surface area contributed by atoms with Gasteiger partial charge in [0.25, 0.3) is 0 Å². The van der Waals surface area contributed by atoms with Crippen LogP contribution in [0.4, 0.5) is 0 Å². The van der Waals surface area contributed by atoms with Gasteiger partial charge in [0.05, 0.1) is 11.8 Å². The van der Waals surface area contributed by atoms with Crippen LogP contribution >= 0.6 is 19.2 Å². The summed E-state index contributed by atoms with van der Waals surface area (Å²) in [5.74, 6) is 0. The molecule has 1 unspecified atom stereocenters. The summed E-state index contributed by atoms with van der Waals surface area (Å²) < 4.78 is 17.4. The Bertz CT molecular complexity index is 678. The average molecular weight is 339 g/mol. The monoisotopic (exact) mass is 338 g/mol. The van der Waals surface area contributed by atoms with Gasteiger partial charge in [0.15, 0.2) is 0 Å². The Morgan fingerprint density at radius 1 is 1.05 bits per heavy atom. The molecule has 1 N–H and O–H groups in total. The second kappa shape index (κ2) is 6.55. The van der Waals surface area contributed by atoms with Gasteiger partial charge in [0.2, 0.25) is 0 Å². The molecular weight excluding hydrogens is 319 g/mol. The lowest BCUT2D eigenvalue weighted by Crippen LogP contribution is -2.19. The molecule has 3 nitrogen and oxygen atoms in total. The highest BCUT2D eigenvalue weighted by Crippen LogP contribution is 2.60. The van der Waals surface area contributed by atoms with Crippen molar-refractivity contribution in [3.05, 3.63) is 59.1 Å². The fourth-order valence-corrected chi connectivity index (χ4v) is 3.49. The van der Waals surface area contributed by atoms with E-state index in [1.54, 1.807) is 20.8 Å². The van der Waals surface area contributed by atoms with Crippen molar-refractivity contribution in [2.24, 2.45) is 0 Å². The Labute approximate surface area is 136 Å². The molecule has 0 spiro atoms. The number of hydrogen-bond donors (Lipinski definition) is 1. The molecule has 5 heteroatoms. The molecular formula is C17H20ClO3P. The second-order valence-electron chi connectivity index (χ2n) is 5.58. The van der Waals surface area contributed by atoms with Gasteiger partial charge in [-0.1, -0.05) is 48.0 Å². The maximum absolute atomic E-state index is 12.3. The predicted molar refractivity (Wildman–Crippen MR) is 91.4 cm³/mol. The van der Waals surface area contributed by atoms with E-state index in [0.29, 0.717) is 5.02 Å². The van der Waals surface area contributed by atoms with Crippen molar-refractivity contribution in [3.63, 3.8) is 0 Å². The van der Waals surface area contributed by atoms with Crippen LogP contribution < -0.4 is 0 Å². The van der Waals surface area contributed by atoms with Gasteiger partial charge in [0.1, 0.15) is 0 Å². The Hall–Kier alpha value is -1.12. The van der Waals surface area contributed by atoms with Crippen LogP contribution in [-0.4, -0.2) is 11.5 Å². The minimum absolute atomic E-state index is 0.208. The molecule has 2 aromatic carbocycles. The summed E-state index contributed by atoms with van der Waals surface area (Å²) in [6.07, 6.45) is 0. The highest BCUT2D eigenvalue weighted by molar-refractivity contribution is 7.54. The topological polar surface area (TPSA) is 46.5 Å². The van der Waals surface area contributed by atoms with Crippen LogP contribution in [0.3, 0.4) is 0 Å². The zero-order valence-electron chi connectivity index (χ0n) is 12.9. The zero-order chi connectivity index (χ0) is 16.4. The van der Waals surface area contributed by atoms with Gasteiger partial charge < -0.3 is 9.42 Å². The van der Waals surface area contributed by atoms with E-state index in [9.17, 15) is 9.46 Å². The minimum atomic E-state index is -3.73. The summed E-state index contributed by atoms with van der Waals surface area (Å²) in [5, 5.41) is -0.263. The first-order valence-corrected chi connectivity index (χ1v) is 9.07. The van der Waals surface area contributed by atoms with E-state index in [1.165, 1.54) is 0 Å². The van der Waals surface area contributed by atoms with E-state index in [0.717, 1.165) is 16.7 Å². The van der Waals surface area contributed by atoms with E-state index >= 15 is 0 Å². The molecule has 0 aromatic heterocycles. The van der Waals surface area contributed by atoms with E-state index in [4.69, 9.17) is 16.1 Å². The lowest BCUT2D eigenvalue weighted by molar-refractivity contribution is 0.251. The molecule has 0 fully saturated rings. The molecule has 2 aromatic rings. The third-order valence-electron chi connectivity index (χ3n) is 3.78. The molecule has 0 radical (unpaired) electrons. The maximum Gasteiger partial charge on any atom is 0.337 e. The highest BCUT2D eigenvalue weighted by Gasteiger charge is 2.41. The first-order valence-electron chi connectivity index (χ1n) is 7.12. The number of halogens is 1. The van der Waals surface area contributed by atoms with E-state index in [-0.39, 0.29) is 6.61 Å². The first kappa shape index (κ1) is 17.2. The molecule has 22 heavy (non-hydrogen) atoms. The molecule has 0 aliphatic rings. The third-order valence-corrected chi connectivity index (χ3v) is 6.31. The SMILES string of the molecule is CCOP(=O)(O)C(C)(C)c1ccc(-c2ccc(Cl)cc2)cc1. The van der Waals surface area contributed by atoms with Gasteiger partial charge in [-0.2, -0.15) is 0 Å². The van der Waals surface area contributed by atoms with Crippen LogP contribution in [0.25, 0.3) is 11.1 Å². The van der Waals surface area contributed by atoms with Crippen molar-refractivity contribution in [3.8, 4) is 11.1 Å². The lowest BCUT2D eigenvalue weighted by Gasteiger charge is -2.29. The summed E-state index contributed by atoms with van der Waals surface area (Å²) in [5.41, 5.74) is 2.84. The maximum atomic E-state index is 12.3. The molecule has 2 rings (SSSR count). The minimum Gasteiger partial charge on any atom is -0.324 e. The van der Waals surface area contributed by atoms with Crippen LogP contribution in [0.2, 0.25) is 5.02 Å². The van der Waals surface area contributed by atoms with E-state index in [2.05, 4.69) is 0 Å². The first-order chi connectivity index (χ1) is 10.3. The van der Waals surface area contributed by atoms with Gasteiger partial charge in [-0.15, -0.1) is 0 Å². The Morgan fingerprint density at radius 3 is 1.95 bits per heavy atom. The Balaban J connectivity index is 2.32. The van der Waals surface area contributed by atoms with Gasteiger partial charge in [-0.3, -0.25) is 4.57 Å². The normalized spacial score (nSPS) is 14.6. The standard InChI is InChI=1S/C17H20ClO3P/c1-4-21-22(19,20)17(2,3)15-9-5-13(6-10-15)14-7-11-16(18)12-8-14/h5-12H,4H2,1-3H3,(H,19,20). The summed E-state index contributed by atoms with van der Waals surface area (Å²) in [6.45, 7) is 5.37. The second-order valence-corrected chi connectivity index (χ2v) is 8.43. The third kappa shape index (κ3) is 3.44. The molecule has 0 saturated heterocycles. The van der Waals surface area contributed by atoms with Crippen LogP contribution in [0, 0.1) is 0 Å². The van der Waals surface area contributed by atoms with Crippen LogP contribution in [-0.2, 0) is 14.2 Å². The van der Waals surface area contributed by atoms with Gasteiger partial charge >= 0.3 is 7.60 Å². The molecule has 0 bridgehead atoms. The average Bonchev–Trinajstić information content (AvgIpc) is 2.48. The van der Waals surface area contributed by atoms with E-state index in [1.807, 2.05) is 48.5 Å². The van der Waals surface area contributed by atoms with Gasteiger partial charge in [0, 0.05) is 5.02 Å². The van der Waals surface area contributed by atoms with E-state index < -0.39 is 12.8 Å². The molecule has 0 amide bonds. The molecule has 1 atom stereocenters. The number of benzene rings is 2. The van der Waals surface area contributed by atoms with Crippen LogP contribution in [0.15, 0.2) is 48.5 Å². The fourth-order valence-electron chi connectivity index (χ4n) is 2.21. The predicted octanol–water partition coefficient (Wildman–Crippen LogP) is 5.46. The van der Waals surface area contributed by atoms with Crippen molar-refractivity contribution < 1.29 is 14.0 Å². The zero-order valence-corrected chi connectivity index (χ0v) is 14.6. The summed E-state index contributed by atoms with van der Waals surface area (Å²) >= 11 is 5.89. The quantitative estimate of drug-likeness (QED) is 0.736. The number of hydrogen-bond acceptors (Lipinski definition) is 2. The molecule has 0 heterocycles. The van der Waals surface area contributed by atoms with Crippen molar-refractivity contribution in [1.29, 1.82) is 0 Å². The van der Waals surface area contributed by atoms with Crippen molar-refractivity contribution in [2.75, 3.05) is 6.61 Å². The van der Waals surface area contributed by atoms with Gasteiger partial charge in [-0.05, 0) is 49.6 Å². The lowest BCUT2D eigenvalue weighted by atomic mass is 9.98. The van der Waals surface area contributed by atoms with Crippen molar-refractivity contribution in [1.82, 2.24) is 0 Å². The summed E-state index contributed by atoms with van der Waals surface area (Å²) in [6, 6.07) is 15.2. The summed E-state index contributed by atoms with van der Waals surface area (Å²) in [4.78, 5) is 10.1. The van der Waals surface area contributed by atoms with Crippen LogP contribution in [0.5, 0.6) is 0 Å². The van der Waals surface area contributed by atoms with Gasteiger partial charge in [-0.25, -0.2) is 0 Å². The molecule has 118 valence electrons. The van der Waals surface area contributed by atoms with Crippen molar-refractivity contribution in [2.45, 2.75) is 25.9 Å². The summed E-state index contributed by atoms with van der Waals surface area (Å²) in [7, 11) is -3.73. The largest absolute Gasteiger partial charge is 0.337 e.